The number of anilines is 2. The largest absolute Gasteiger partial charge is 0.497 e. The van der Waals surface area contributed by atoms with E-state index in [1.54, 1.807) is 73.5 Å². The number of thiazole rings is 1. The van der Waals surface area contributed by atoms with Gasteiger partial charge in [0.05, 0.1) is 36.3 Å². The Morgan fingerprint density at radius 2 is 1.69 bits per heavy atom. The second-order valence-electron chi connectivity index (χ2n) is 12.7. The van der Waals surface area contributed by atoms with Crippen molar-refractivity contribution in [1.29, 1.82) is 0 Å². The summed E-state index contributed by atoms with van der Waals surface area (Å²) in [6.45, 7) is 2.02. The summed E-state index contributed by atoms with van der Waals surface area (Å²) in [7, 11) is 1.58. The van der Waals surface area contributed by atoms with Crippen molar-refractivity contribution in [2.75, 3.05) is 30.5 Å². The Bertz CT molecular complexity index is 2010. The van der Waals surface area contributed by atoms with Crippen LogP contribution in [0.3, 0.4) is 0 Å². The number of imide groups is 1. The van der Waals surface area contributed by atoms with Gasteiger partial charge in [0.2, 0.25) is 11.8 Å². The van der Waals surface area contributed by atoms with E-state index in [0.717, 1.165) is 21.9 Å². The number of hydrogen-bond acceptors (Lipinski definition) is 9. The van der Waals surface area contributed by atoms with Crippen molar-refractivity contribution >= 4 is 63.8 Å². The maximum absolute atomic E-state index is 14.1. The Morgan fingerprint density at radius 3 is 2.41 bits per heavy atom. The molecule has 0 radical (unpaired) electrons. The van der Waals surface area contributed by atoms with Gasteiger partial charge in [-0.2, -0.15) is 0 Å². The van der Waals surface area contributed by atoms with Crippen LogP contribution in [0.25, 0.3) is 0 Å². The number of carbonyl (C=O) groups excluding carboxylic acids is 3. The summed E-state index contributed by atoms with van der Waals surface area (Å²) in [5.41, 5.74) is 2.09. The van der Waals surface area contributed by atoms with Crippen molar-refractivity contribution in [3.8, 4) is 17.2 Å². The molecule has 1 saturated heterocycles. The van der Waals surface area contributed by atoms with Crippen LogP contribution in [0.4, 0.5) is 11.4 Å². The molecular formula is C36H32ClN3O7S2. The van der Waals surface area contributed by atoms with Crippen molar-refractivity contribution < 1.29 is 28.6 Å². The van der Waals surface area contributed by atoms with E-state index in [9.17, 15) is 19.2 Å². The summed E-state index contributed by atoms with van der Waals surface area (Å²) < 4.78 is 17.2. The molecule has 2 bridgehead atoms. The van der Waals surface area contributed by atoms with Gasteiger partial charge in [-0.25, -0.2) is 0 Å². The lowest BCUT2D eigenvalue weighted by Gasteiger charge is -2.43. The third kappa shape index (κ3) is 5.40. The number of methoxy groups -OCH3 is 1. The molecule has 10 nitrogen and oxygen atoms in total. The van der Waals surface area contributed by atoms with E-state index in [0.29, 0.717) is 40.3 Å². The summed E-state index contributed by atoms with van der Waals surface area (Å²) in [6, 6.07) is 19.5. The smallest absolute Gasteiger partial charge is 0.305 e. The number of H-pyrrole nitrogens is 1. The predicted octanol–water partition coefficient (Wildman–Crippen LogP) is 6.19. The Labute approximate surface area is 295 Å². The van der Waals surface area contributed by atoms with Crippen molar-refractivity contribution in [3.05, 3.63) is 91.9 Å². The summed E-state index contributed by atoms with van der Waals surface area (Å²) in [5.74, 6) is -0.109. The van der Waals surface area contributed by atoms with Gasteiger partial charge in [0.25, 0.3) is 5.91 Å². The highest BCUT2D eigenvalue weighted by atomic mass is 35.5. The molecule has 1 aromatic heterocycles. The fourth-order valence-electron chi connectivity index (χ4n) is 8.36. The van der Waals surface area contributed by atoms with Gasteiger partial charge >= 0.3 is 4.87 Å². The molecule has 252 valence electrons. The van der Waals surface area contributed by atoms with Gasteiger partial charge in [-0.15, -0.1) is 11.8 Å². The number of aromatic amines is 1. The van der Waals surface area contributed by atoms with E-state index in [2.05, 4.69) is 10.3 Å². The number of aromatic nitrogens is 1. The van der Waals surface area contributed by atoms with Crippen LogP contribution >= 0.6 is 34.7 Å². The highest BCUT2D eigenvalue weighted by Crippen LogP contribution is 2.68. The molecule has 8 rings (SSSR count). The average Bonchev–Trinajstić information content (AvgIpc) is 3.84. The van der Waals surface area contributed by atoms with Gasteiger partial charge < -0.3 is 24.5 Å². The van der Waals surface area contributed by atoms with Gasteiger partial charge in [-0.3, -0.25) is 24.1 Å². The van der Waals surface area contributed by atoms with Gasteiger partial charge in [0, 0.05) is 26.8 Å². The molecule has 2 N–H and O–H groups in total. The Balaban J connectivity index is 1.09. The quantitative estimate of drug-likeness (QED) is 0.196. The molecule has 3 amide bonds. The molecule has 4 aliphatic rings. The van der Waals surface area contributed by atoms with Crippen LogP contribution in [-0.2, 0) is 14.4 Å². The predicted molar refractivity (Wildman–Crippen MR) is 187 cm³/mol. The van der Waals surface area contributed by atoms with Crippen molar-refractivity contribution in [2.24, 2.45) is 29.6 Å². The third-order valence-electron chi connectivity index (χ3n) is 10.2. The fourth-order valence-corrected chi connectivity index (χ4v) is 11.4. The number of benzene rings is 3. The van der Waals surface area contributed by atoms with Crippen LogP contribution in [0.2, 0.25) is 5.02 Å². The molecule has 7 atom stereocenters. The van der Waals surface area contributed by atoms with Crippen molar-refractivity contribution in [3.63, 3.8) is 0 Å². The van der Waals surface area contributed by atoms with Crippen molar-refractivity contribution in [2.45, 2.75) is 29.5 Å². The highest BCUT2D eigenvalue weighted by Gasteiger charge is 2.69. The first-order chi connectivity index (χ1) is 23.7. The van der Waals surface area contributed by atoms with Gasteiger partial charge in [0.1, 0.15) is 5.75 Å². The zero-order valence-corrected chi connectivity index (χ0v) is 28.9. The first-order valence-corrected chi connectivity index (χ1v) is 18.2. The second kappa shape index (κ2) is 12.6. The standard InChI is InChI=1S/C36H32ClN3O7S2/c1-3-46-25-14-17(4-13-24(25)47-16-26(41)38-19-7-5-18(37)6-8-19)27-28-22-15-23(31(28)48-33-32(27)49-36(44)39-33)30-29(22)34(42)40(35(30)43)20-9-11-21(45-2)12-10-20/h4-14,22-23,27-31H,3,15-16H2,1-2H3,(H,38,41)(H,39,44)/t22-,23-,27+,28-,29+,30+,31-/m1/s1. The van der Waals surface area contributed by atoms with Crippen LogP contribution in [0, 0.1) is 29.6 Å². The molecule has 3 heterocycles. The number of rotatable bonds is 9. The molecular weight excluding hydrogens is 686 g/mol. The minimum Gasteiger partial charge on any atom is -0.497 e. The third-order valence-corrected chi connectivity index (χ3v) is 13.0. The second-order valence-corrected chi connectivity index (χ2v) is 15.3. The molecule has 49 heavy (non-hydrogen) atoms. The van der Waals surface area contributed by atoms with Crippen LogP contribution in [0.1, 0.15) is 29.7 Å². The van der Waals surface area contributed by atoms with Crippen LogP contribution < -0.4 is 29.3 Å². The van der Waals surface area contributed by atoms with E-state index in [1.807, 2.05) is 19.1 Å². The lowest BCUT2D eigenvalue weighted by atomic mass is 9.68. The number of ether oxygens (including phenoxy) is 3. The molecule has 2 saturated carbocycles. The molecule has 4 aromatic rings. The lowest BCUT2D eigenvalue weighted by molar-refractivity contribution is -0.123. The molecule has 0 unspecified atom stereocenters. The molecule has 2 aliphatic heterocycles. The van der Waals surface area contributed by atoms with Crippen LogP contribution in [0.5, 0.6) is 17.2 Å². The number of thioether (sulfide) groups is 1. The number of halogens is 1. The topological polar surface area (TPSA) is 127 Å². The fraction of sp³-hybridized carbons (Fsp3) is 0.333. The first kappa shape index (κ1) is 32.0. The number of nitrogens with one attached hydrogen (secondary N) is 2. The minimum absolute atomic E-state index is 0.00290. The molecule has 2 aliphatic carbocycles. The summed E-state index contributed by atoms with van der Waals surface area (Å²) in [5, 5.41) is 4.24. The van der Waals surface area contributed by atoms with E-state index in [-0.39, 0.29) is 58.1 Å². The summed E-state index contributed by atoms with van der Waals surface area (Å²) in [4.78, 5) is 58.6. The zero-order chi connectivity index (χ0) is 34.0. The minimum atomic E-state index is -0.422. The van der Waals surface area contributed by atoms with E-state index in [1.165, 1.54) is 16.2 Å². The van der Waals surface area contributed by atoms with Crippen LogP contribution in [0.15, 0.2) is 76.6 Å². The molecule has 3 fully saturated rings. The van der Waals surface area contributed by atoms with Gasteiger partial charge in [-0.1, -0.05) is 29.0 Å². The summed E-state index contributed by atoms with van der Waals surface area (Å²) >= 11 is 8.79. The first-order valence-electron chi connectivity index (χ1n) is 16.1. The van der Waals surface area contributed by atoms with E-state index < -0.39 is 11.8 Å². The summed E-state index contributed by atoms with van der Waals surface area (Å²) in [6.07, 6.45) is 0.781. The number of fused-ring (bicyclic) bond motifs is 9. The zero-order valence-electron chi connectivity index (χ0n) is 26.5. The Hall–Kier alpha value is -4.26. The van der Waals surface area contributed by atoms with E-state index in [4.69, 9.17) is 25.8 Å². The maximum atomic E-state index is 14.1. The SMILES string of the molecule is CCOc1cc([C@@H]2c3sc(=O)[nH]c3S[C@@H]3[C@@H]4C[C@@H]([C@@H]5C(=O)N(c6ccc(OC)cc6)C(=O)[C@@H]45)[C@H]23)ccc1OCC(=O)Nc1ccc(Cl)cc1. The molecule has 0 spiro atoms. The Morgan fingerprint density at radius 1 is 0.959 bits per heavy atom. The Kier molecular flexibility index (Phi) is 8.20. The van der Waals surface area contributed by atoms with Crippen LogP contribution in [-0.4, -0.2) is 48.3 Å². The maximum Gasteiger partial charge on any atom is 0.305 e. The number of amides is 3. The molecule has 3 aromatic carbocycles. The average molecular weight is 718 g/mol. The van der Waals surface area contributed by atoms with Gasteiger partial charge in [0.15, 0.2) is 18.1 Å². The van der Waals surface area contributed by atoms with Gasteiger partial charge in [-0.05, 0) is 97.3 Å². The highest BCUT2D eigenvalue weighted by molar-refractivity contribution is 8.00. The molecule has 13 heteroatoms. The number of carbonyl (C=O) groups is 3. The van der Waals surface area contributed by atoms with E-state index >= 15 is 0 Å². The monoisotopic (exact) mass is 717 g/mol. The lowest BCUT2D eigenvalue weighted by Crippen LogP contribution is -2.42. The number of hydrogen-bond donors (Lipinski definition) is 2. The van der Waals surface area contributed by atoms with Crippen molar-refractivity contribution in [1.82, 2.24) is 4.98 Å². The number of nitrogens with zero attached hydrogens (tertiary/aromatic N) is 1. The normalized spacial score (nSPS) is 26.3.